The maximum absolute atomic E-state index is 12.2. The van der Waals surface area contributed by atoms with E-state index >= 15 is 0 Å². The molecule has 1 aliphatic heterocycles. The van der Waals surface area contributed by atoms with Gasteiger partial charge in [0.2, 0.25) is 5.91 Å². The third kappa shape index (κ3) is 3.21. The van der Waals surface area contributed by atoms with Crippen LogP contribution < -0.4 is 0 Å². The molecule has 110 valence electrons. The van der Waals surface area contributed by atoms with Crippen molar-refractivity contribution in [3.63, 3.8) is 0 Å². The summed E-state index contributed by atoms with van der Waals surface area (Å²) in [6.07, 6.45) is 4.90. The minimum absolute atomic E-state index is 0.0209. The summed E-state index contributed by atoms with van der Waals surface area (Å²) < 4.78 is 4.93. The van der Waals surface area contributed by atoms with E-state index in [-0.39, 0.29) is 17.7 Å². The third-order valence-electron chi connectivity index (χ3n) is 3.79. The summed E-state index contributed by atoms with van der Waals surface area (Å²) in [5.74, 6) is 0.269. The van der Waals surface area contributed by atoms with Gasteiger partial charge >= 0.3 is 0 Å². The number of carbonyl (C=O) groups excluding carboxylic acids is 2. The fourth-order valence-corrected chi connectivity index (χ4v) is 2.57. The summed E-state index contributed by atoms with van der Waals surface area (Å²) in [5, 5.41) is 0. The maximum atomic E-state index is 12.2. The van der Waals surface area contributed by atoms with Gasteiger partial charge < -0.3 is 14.2 Å². The van der Waals surface area contributed by atoms with Crippen molar-refractivity contribution in [2.45, 2.75) is 26.7 Å². The lowest BCUT2D eigenvalue weighted by Gasteiger charge is -2.35. The predicted molar refractivity (Wildman–Crippen MR) is 75.3 cm³/mol. The molecule has 1 aromatic heterocycles. The van der Waals surface area contributed by atoms with Crippen LogP contribution in [0.3, 0.4) is 0 Å². The van der Waals surface area contributed by atoms with Gasteiger partial charge in [0, 0.05) is 32.1 Å². The zero-order chi connectivity index (χ0) is 14.5. The van der Waals surface area contributed by atoms with Gasteiger partial charge in [0.25, 0.3) is 5.91 Å². The first-order valence-corrected chi connectivity index (χ1v) is 7.23. The molecule has 0 N–H and O–H groups in total. The summed E-state index contributed by atoms with van der Waals surface area (Å²) in [6.45, 7) is 6.50. The Hall–Kier alpha value is -1.78. The Labute approximate surface area is 119 Å². The smallest absolute Gasteiger partial charge is 0.257 e. The molecule has 5 nitrogen and oxygen atoms in total. The zero-order valence-electron chi connectivity index (χ0n) is 12.2. The number of carbonyl (C=O) groups is 2. The van der Waals surface area contributed by atoms with Crippen LogP contribution in [0.2, 0.25) is 0 Å². The van der Waals surface area contributed by atoms with Crippen molar-refractivity contribution in [1.29, 1.82) is 0 Å². The van der Waals surface area contributed by atoms with Crippen molar-refractivity contribution >= 4 is 11.8 Å². The van der Waals surface area contributed by atoms with Crippen LogP contribution in [0.15, 0.2) is 23.0 Å². The van der Waals surface area contributed by atoms with E-state index < -0.39 is 0 Å². The standard InChI is InChI=1S/C15H22N2O3/c1-3-4-12(2)14(18)16-6-8-17(9-7-16)15(19)13-5-10-20-11-13/h5,10-12H,3-4,6-9H2,1-2H3. The summed E-state index contributed by atoms with van der Waals surface area (Å²) >= 11 is 0. The molecule has 0 aromatic carbocycles. The molecule has 0 aliphatic carbocycles. The van der Waals surface area contributed by atoms with Crippen LogP contribution in [0.1, 0.15) is 37.0 Å². The number of furan rings is 1. The van der Waals surface area contributed by atoms with Gasteiger partial charge in [-0.3, -0.25) is 9.59 Å². The quantitative estimate of drug-likeness (QED) is 0.846. The first-order valence-electron chi connectivity index (χ1n) is 7.23. The number of nitrogens with zero attached hydrogens (tertiary/aromatic N) is 2. The maximum Gasteiger partial charge on any atom is 0.257 e. The second-order valence-electron chi connectivity index (χ2n) is 5.32. The topological polar surface area (TPSA) is 53.8 Å². The second-order valence-corrected chi connectivity index (χ2v) is 5.32. The molecule has 20 heavy (non-hydrogen) atoms. The summed E-state index contributed by atoms with van der Waals surface area (Å²) in [7, 11) is 0. The SMILES string of the molecule is CCCC(C)C(=O)N1CCN(C(=O)c2ccoc2)CC1. The first kappa shape index (κ1) is 14.6. The lowest BCUT2D eigenvalue weighted by atomic mass is 10.0. The highest BCUT2D eigenvalue weighted by molar-refractivity contribution is 5.94. The Morgan fingerprint density at radius 2 is 1.90 bits per heavy atom. The van der Waals surface area contributed by atoms with Crippen LogP contribution in [0.25, 0.3) is 0 Å². The minimum Gasteiger partial charge on any atom is -0.472 e. The van der Waals surface area contributed by atoms with Crippen LogP contribution in [-0.2, 0) is 4.79 Å². The van der Waals surface area contributed by atoms with Crippen molar-refractivity contribution in [2.24, 2.45) is 5.92 Å². The third-order valence-corrected chi connectivity index (χ3v) is 3.79. The van der Waals surface area contributed by atoms with E-state index in [1.54, 1.807) is 11.0 Å². The van der Waals surface area contributed by atoms with Gasteiger partial charge in [-0.2, -0.15) is 0 Å². The fourth-order valence-electron chi connectivity index (χ4n) is 2.57. The molecule has 2 rings (SSSR count). The molecular weight excluding hydrogens is 256 g/mol. The van der Waals surface area contributed by atoms with Gasteiger partial charge in [0.15, 0.2) is 0 Å². The van der Waals surface area contributed by atoms with Gasteiger partial charge in [-0.15, -0.1) is 0 Å². The van der Waals surface area contributed by atoms with Gasteiger partial charge in [-0.25, -0.2) is 0 Å². The molecule has 1 unspecified atom stereocenters. The molecule has 1 fully saturated rings. The molecule has 1 aliphatic rings. The molecular formula is C15H22N2O3. The number of piperazine rings is 1. The Bertz CT molecular complexity index is 448. The van der Waals surface area contributed by atoms with Crippen molar-refractivity contribution in [2.75, 3.05) is 26.2 Å². The van der Waals surface area contributed by atoms with Crippen LogP contribution in [0.5, 0.6) is 0 Å². The lowest BCUT2D eigenvalue weighted by molar-refractivity contribution is -0.136. The van der Waals surface area contributed by atoms with Crippen LogP contribution >= 0.6 is 0 Å². The van der Waals surface area contributed by atoms with Gasteiger partial charge in [0.05, 0.1) is 11.8 Å². The number of amides is 2. The molecule has 1 atom stereocenters. The highest BCUT2D eigenvalue weighted by atomic mass is 16.3. The molecule has 0 radical (unpaired) electrons. The highest BCUT2D eigenvalue weighted by Crippen LogP contribution is 2.14. The fraction of sp³-hybridized carbons (Fsp3) is 0.600. The van der Waals surface area contributed by atoms with E-state index in [0.717, 1.165) is 12.8 Å². The number of hydrogen-bond donors (Lipinski definition) is 0. The molecule has 0 bridgehead atoms. The van der Waals surface area contributed by atoms with E-state index in [9.17, 15) is 9.59 Å². The van der Waals surface area contributed by atoms with Crippen LogP contribution in [0, 0.1) is 5.92 Å². The molecule has 2 amide bonds. The zero-order valence-corrected chi connectivity index (χ0v) is 12.2. The highest BCUT2D eigenvalue weighted by Gasteiger charge is 2.27. The number of hydrogen-bond acceptors (Lipinski definition) is 3. The van der Waals surface area contributed by atoms with Crippen molar-refractivity contribution in [1.82, 2.24) is 9.80 Å². The van der Waals surface area contributed by atoms with Gasteiger partial charge in [-0.1, -0.05) is 20.3 Å². The Balaban J connectivity index is 1.86. The summed E-state index contributed by atoms with van der Waals surface area (Å²) in [5.41, 5.74) is 0.573. The van der Waals surface area contributed by atoms with Crippen molar-refractivity contribution < 1.29 is 14.0 Å². The van der Waals surface area contributed by atoms with Gasteiger partial charge in [-0.05, 0) is 12.5 Å². The first-order chi connectivity index (χ1) is 9.63. The van der Waals surface area contributed by atoms with E-state index in [1.807, 2.05) is 11.8 Å². The molecule has 0 spiro atoms. The molecule has 5 heteroatoms. The Morgan fingerprint density at radius 1 is 1.25 bits per heavy atom. The monoisotopic (exact) mass is 278 g/mol. The number of rotatable bonds is 4. The Morgan fingerprint density at radius 3 is 2.45 bits per heavy atom. The van der Waals surface area contributed by atoms with E-state index in [0.29, 0.717) is 31.7 Å². The predicted octanol–water partition coefficient (Wildman–Crippen LogP) is 2.00. The largest absolute Gasteiger partial charge is 0.472 e. The van der Waals surface area contributed by atoms with Crippen LogP contribution in [0.4, 0.5) is 0 Å². The lowest BCUT2D eigenvalue weighted by Crippen LogP contribution is -2.51. The average Bonchev–Trinajstić information content (AvgIpc) is 3.00. The van der Waals surface area contributed by atoms with E-state index in [2.05, 4.69) is 6.92 Å². The molecule has 0 saturated carbocycles. The minimum atomic E-state index is -0.0209. The second kappa shape index (κ2) is 6.59. The average molecular weight is 278 g/mol. The van der Waals surface area contributed by atoms with E-state index in [1.165, 1.54) is 12.5 Å². The Kier molecular flexibility index (Phi) is 4.82. The molecule has 2 heterocycles. The van der Waals surface area contributed by atoms with Crippen molar-refractivity contribution in [3.05, 3.63) is 24.2 Å². The summed E-state index contributed by atoms with van der Waals surface area (Å²) in [6, 6.07) is 1.67. The van der Waals surface area contributed by atoms with Gasteiger partial charge in [0.1, 0.15) is 6.26 Å². The van der Waals surface area contributed by atoms with E-state index in [4.69, 9.17) is 4.42 Å². The van der Waals surface area contributed by atoms with Crippen molar-refractivity contribution in [3.8, 4) is 0 Å². The molecule has 1 aromatic rings. The normalized spacial score (nSPS) is 17.1. The van der Waals surface area contributed by atoms with Crippen LogP contribution in [-0.4, -0.2) is 47.8 Å². The summed E-state index contributed by atoms with van der Waals surface area (Å²) in [4.78, 5) is 28.0. The molecule has 1 saturated heterocycles.